The number of aromatic nitrogens is 1. The van der Waals surface area contributed by atoms with E-state index in [9.17, 15) is 9.59 Å². The Morgan fingerprint density at radius 3 is 2.90 bits per heavy atom. The lowest BCUT2D eigenvalue weighted by atomic mass is 10.3. The Labute approximate surface area is 124 Å². The summed E-state index contributed by atoms with van der Waals surface area (Å²) >= 11 is 2.94. The number of nitrogens with zero attached hydrogens (tertiary/aromatic N) is 1. The monoisotopic (exact) mass is 310 g/mol. The van der Waals surface area contributed by atoms with Gasteiger partial charge in [-0.1, -0.05) is 6.07 Å². The first-order valence-corrected chi connectivity index (χ1v) is 7.85. The van der Waals surface area contributed by atoms with Gasteiger partial charge in [-0.05, 0) is 25.3 Å². The molecule has 0 fully saturated rings. The summed E-state index contributed by atoms with van der Waals surface area (Å²) in [6.45, 7) is 3.84. The maximum absolute atomic E-state index is 11.9. The lowest BCUT2D eigenvalue weighted by Gasteiger charge is -2.11. The van der Waals surface area contributed by atoms with E-state index in [0.29, 0.717) is 6.54 Å². The van der Waals surface area contributed by atoms with Crippen molar-refractivity contribution in [3.8, 4) is 9.88 Å². The molecule has 2 aromatic rings. The molecule has 1 N–H and O–H groups in total. The van der Waals surface area contributed by atoms with Gasteiger partial charge in [-0.25, -0.2) is 9.78 Å². The van der Waals surface area contributed by atoms with Gasteiger partial charge >= 0.3 is 5.97 Å². The molecule has 1 unspecified atom stereocenters. The van der Waals surface area contributed by atoms with Crippen LogP contribution >= 0.6 is 22.7 Å². The second kappa shape index (κ2) is 6.62. The Balaban J connectivity index is 2.01. The summed E-state index contributed by atoms with van der Waals surface area (Å²) in [5.41, 5.74) is 0.231. The Hall–Kier alpha value is -1.73. The number of amides is 1. The van der Waals surface area contributed by atoms with Gasteiger partial charge in [0.1, 0.15) is 5.01 Å². The van der Waals surface area contributed by atoms with Gasteiger partial charge in [-0.15, -0.1) is 22.7 Å². The van der Waals surface area contributed by atoms with E-state index in [0.717, 1.165) is 9.88 Å². The molecule has 0 aromatic carbocycles. The minimum Gasteiger partial charge on any atom is -0.448 e. The Morgan fingerprint density at radius 1 is 1.45 bits per heavy atom. The highest BCUT2D eigenvalue weighted by Gasteiger charge is 2.20. The predicted octanol–water partition coefficient (Wildman–Crippen LogP) is 2.55. The quantitative estimate of drug-likeness (QED) is 0.862. The molecule has 1 amide bonds. The molecule has 2 rings (SSSR count). The summed E-state index contributed by atoms with van der Waals surface area (Å²) < 4.78 is 5.08. The van der Waals surface area contributed by atoms with Crippen LogP contribution in [-0.2, 0) is 9.53 Å². The van der Waals surface area contributed by atoms with Crippen molar-refractivity contribution < 1.29 is 14.3 Å². The number of nitrogens with one attached hydrogen (secondary N) is 1. The first-order chi connectivity index (χ1) is 9.61. The molecule has 1 atom stereocenters. The van der Waals surface area contributed by atoms with E-state index in [2.05, 4.69) is 10.3 Å². The molecular formula is C13H14N2O3S2. The maximum atomic E-state index is 11.9. The first-order valence-electron chi connectivity index (χ1n) is 6.10. The van der Waals surface area contributed by atoms with Gasteiger partial charge < -0.3 is 10.1 Å². The molecule has 0 aliphatic rings. The maximum Gasteiger partial charge on any atom is 0.358 e. The SMILES string of the molecule is CCNC(=O)C(C)OC(=O)c1csc(-c2cccs2)n1. The highest BCUT2D eigenvalue weighted by molar-refractivity contribution is 7.20. The molecule has 20 heavy (non-hydrogen) atoms. The third-order valence-corrected chi connectivity index (χ3v) is 4.33. The second-order valence-electron chi connectivity index (χ2n) is 3.96. The van der Waals surface area contributed by atoms with Gasteiger partial charge in [0, 0.05) is 11.9 Å². The zero-order valence-corrected chi connectivity index (χ0v) is 12.7. The van der Waals surface area contributed by atoms with Crippen LogP contribution in [0.15, 0.2) is 22.9 Å². The van der Waals surface area contributed by atoms with Crippen molar-refractivity contribution in [3.63, 3.8) is 0 Å². The molecule has 0 bridgehead atoms. The fraction of sp³-hybridized carbons (Fsp3) is 0.308. The van der Waals surface area contributed by atoms with Crippen LogP contribution in [0.3, 0.4) is 0 Å². The van der Waals surface area contributed by atoms with Crippen molar-refractivity contribution in [1.82, 2.24) is 10.3 Å². The van der Waals surface area contributed by atoms with Gasteiger partial charge in [0.2, 0.25) is 0 Å². The van der Waals surface area contributed by atoms with E-state index in [-0.39, 0.29) is 11.6 Å². The molecule has 7 heteroatoms. The van der Waals surface area contributed by atoms with Crippen LogP contribution < -0.4 is 5.32 Å². The molecule has 0 aliphatic heterocycles. The Morgan fingerprint density at radius 2 is 2.25 bits per heavy atom. The van der Waals surface area contributed by atoms with Crippen LogP contribution in [0.5, 0.6) is 0 Å². The third-order valence-electron chi connectivity index (χ3n) is 2.45. The van der Waals surface area contributed by atoms with Gasteiger partial charge in [-0.3, -0.25) is 4.79 Å². The lowest BCUT2D eigenvalue weighted by Crippen LogP contribution is -2.35. The van der Waals surface area contributed by atoms with Crippen molar-refractivity contribution in [2.24, 2.45) is 0 Å². The summed E-state index contributed by atoms with van der Waals surface area (Å²) in [7, 11) is 0. The summed E-state index contributed by atoms with van der Waals surface area (Å²) in [6, 6.07) is 3.87. The number of hydrogen-bond donors (Lipinski definition) is 1. The zero-order chi connectivity index (χ0) is 14.5. The predicted molar refractivity (Wildman–Crippen MR) is 79.0 cm³/mol. The van der Waals surface area contributed by atoms with Gasteiger partial charge in [0.25, 0.3) is 5.91 Å². The lowest BCUT2D eigenvalue weighted by molar-refractivity contribution is -0.128. The molecule has 0 saturated carbocycles. The number of carbonyl (C=O) groups is 2. The van der Waals surface area contributed by atoms with Crippen LogP contribution in [0.4, 0.5) is 0 Å². The number of hydrogen-bond acceptors (Lipinski definition) is 6. The van der Waals surface area contributed by atoms with E-state index < -0.39 is 12.1 Å². The molecule has 0 aliphatic carbocycles. The highest BCUT2D eigenvalue weighted by Crippen LogP contribution is 2.28. The van der Waals surface area contributed by atoms with Crippen LogP contribution in [0.2, 0.25) is 0 Å². The van der Waals surface area contributed by atoms with Crippen molar-refractivity contribution in [3.05, 3.63) is 28.6 Å². The van der Waals surface area contributed by atoms with Gasteiger partial charge in [0.05, 0.1) is 4.88 Å². The van der Waals surface area contributed by atoms with E-state index in [4.69, 9.17) is 4.74 Å². The van der Waals surface area contributed by atoms with Gasteiger partial charge in [-0.2, -0.15) is 0 Å². The minimum atomic E-state index is -0.825. The van der Waals surface area contributed by atoms with Crippen LogP contribution in [0.1, 0.15) is 24.3 Å². The topological polar surface area (TPSA) is 68.3 Å². The molecule has 0 saturated heterocycles. The zero-order valence-electron chi connectivity index (χ0n) is 11.1. The second-order valence-corrected chi connectivity index (χ2v) is 5.76. The van der Waals surface area contributed by atoms with Crippen molar-refractivity contribution >= 4 is 34.6 Å². The smallest absolute Gasteiger partial charge is 0.358 e. The normalized spacial score (nSPS) is 11.9. The number of thiazole rings is 1. The Kier molecular flexibility index (Phi) is 4.86. The average Bonchev–Trinajstić information content (AvgIpc) is 3.09. The van der Waals surface area contributed by atoms with E-state index in [1.165, 1.54) is 18.3 Å². The number of ether oxygens (including phenoxy) is 1. The van der Waals surface area contributed by atoms with Crippen LogP contribution in [0, 0.1) is 0 Å². The fourth-order valence-electron chi connectivity index (χ4n) is 1.47. The summed E-state index contributed by atoms with van der Waals surface area (Å²) in [5, 5.41) is 6.96. The van der Waals surface area contributed by atoms with Crippen LogP contribution in [0.25, 0.3) is 9.88 Å². The fourth-order valence-corrected chi connectivity index (χ4v) is 3.08. The summed E-state index contributed by atoms with van der Waals surface area (Å²) in [4.78, 5) is 28.6. The number of carbonyl (C=O) groups excluding carboxylic acids is 2. The molecule has 2 aromatic heterocycles. The number of likely N-dealkylation sites (N-methyl/N-ethyl adjacent to an activating group) is 1. The highest BCUT2D eigenvalue weighted by atomic mass is 32.1. The first kappa shape index (κ1) is 14.7. The number of thiophene rings is 1. The minimum absolute atomic E-state index is 0.231. The summed E-state index contributed by atoms with van der Waals surface area (Å²) in [6.07, 6.45) is -0.825. The number of esters is 1. The van der Waals surface area contributed by atoms with Crippen molar-refractivity contribution in [1.29, 1.82) is 0 Å². The molecular weight excluding hydrogens is 296 g/mol. The van der Waals surface area contributed by atoms with E-state index in [1.54, 1.807) is 23.6 Å². The molecule has 2 heterocycles. The van der Waals surface area contributed by atoms with Gasteiger partial charge in [0.15, 0.2) is 11.8 Å². The molecule has 0 spiro atoms. The van der Waals surface area contributed by atoms with E-state index in [1.807, 2.05) is 17.5 Å². The molecule has 106 valence electrons. The van der Waals surface area contributed by atoms with Crippen LogP contribution in [-0.4, -0.2) is 29.5 Å². The molecule has 5 nitrogen and oxygen atoms in total. The average molecular weight is 310 g/mol. The largest absolute Gasteiger partial charge is 0.448 e. The standard InChI is InChI=1S/C13H14N2O3S2/c1-3-14-11(16)8(2)18-13(17)9-7-20-12(15-9)10-5-4-6-19-10/h4-8H,3H2,1-2H3,(H,14,16). The van der Waals surface area contributed by atoms with Crippen molar-refractivity contribution in [2.75, 3.05) is 6.54 Å². The summed E-state index contributed by atoms with van der Waals surface area (Å²) in [5.74, 6) is -0.891. The Bertz CT molecular complexity index is 593. The molecule has 0 radical (unpaired) electrons. The third kappa shape index (κ3) is 3.43. The van der Waals surface area contributed by atoms with E-state index >= 15 is 0 Å². The van der Waals surface area contributed by atoms with Crippen molar-refractivity contribution in [2.45, 2.75) is 20.0 Å². The number of rotatable bonds is 5.